The minimum Gasteiger partial charge on any atom is -0.468 e. The van der Waals surface area contributed by atoms with Crippen LogP contribution >= 0.6 is 0 Å². The maximum absolute atomic E-state index is 13.0. The largest absolute Gasteiger partial charge is 0.468 e. The number of hydrogen-bond acceptors (Lipinski definition) is 5. The minimum atomic E-state index is -4.17. The molecule has 0 fully saturated rings. The number of ether oxygens (including phenoxy) is 1. The normalized spacial score (nSPS) is 16.2. The van der Waals surface area contributed by atoms with Gasteiger partial charge < -0.3 is 4.74 Å². The highest BCUT2D eigenvalue weighted by atomic mass is 32.2. The molecule has 0 radical (unpaired) electrons. The lowest BCUT2D eigenvalue weighted by Crippen LogP contribution is -2.36. The number of carbonyl (C=O) groups is 2. The summed E-state index contributed by atoms with van der Waals surface area (Å²) >= 11 is 0. The summed E-state index contributed by atoms with van der Waals surface area (Å²) in [5.74, 6) is -1.55. The maximum atomic E-state index is 13.0. The summed E-state index contributed by atoms with van der Waals surface area (Å²) in [7, 11) is -3.03. The molecule has 0 aromatic heterocycles. The van der Waals surface area contributed by atoms with Gasteiger partial charge in [-0.1, -0.05) is 60.7 Å². The van der Waals surface area contributed by atoms with E-state index in [0.29, 0.717) is 15.4 Å². The molecule has 25 heavy (non-hydrogen) atoms. The topological polar surface area (TPSA) is 80.8 Å². The number of nitrogens with zero attached hydrogens (tertiary/aromatic N) is 1. The number of benzene rings is 2. The Kier molecular flexibility index (Phi) is 4.41. The number of rotatable bonds is 4. The van der Waals surface area contributed by atoms with E-state index in [0.717, 1.165) is 7.11 Å². The van der Waals surface area contributed by atoms with Crippen molar-refractivity contribution < 1.29 is 22.7 Å². The van der Waals surface area contributed by atoms with Gasteiger partial charge in [0.25, 0.3) is 15.9 Å². The van der Waals surface area contributed by atoms with E-state index in [2.05, 4.69) is 4.74 Å². The lowest BCUT2D eigenvalue weighted by atomic mass is 10.0. The first kappa shape index (κ1) is 16.9. The molecule has 0 unspecified atom stereocenters. The Morgan fingerprint density at radius 3 is 2.00 bits per heavy atom. The summed E-state index contributed by atoms with van der Waals surface area (Å²) in [6.45, 7) is -0.662. The number of carbonyl (C=O) groups excluding carboxylic acids is 2. The fraction of sp³-hybridized carbons (Fsp3) is 0.111. The van der Waals surface area contributed by atoms with Crippen LogP contribution in [-0.2, 0) is 24.3 Å². The molecule has 1 aliphatic rings. The van der Waals surface area contributed by atoms with Crippen molar-refractivity contribution in [2.75, 3.05) is 13.7 Å². The van der Waals surface area contributed by atoms with Crippen molar-refractivity contribution in [2.24, 2.45) is 0 Å². The van der Waals surface area contributed by atoms with E-state index < -0.39 is 28.4 Å². The Bertz CT molecular complexity index is 949. The molecule has 0 atom stereocenters. The molecular formula is C18H15NO5S. The summed E-state index contributed by atoms with van der Waals surface area (Å²) in [5.41, 5.74) is 0.917. The summed E-state index contributed by atoms with van der Waals surface area (Å²) in [6.07, 6.45) is 0. The molecule has 0 bridgehead atoms. The number of esters is 1. The van der Waals surface area contributed by atoms with Gasteiger partial charge in [0.1, 0.15) is 11.4 Å². The van der Waals surface area contributed by atoms with Crippen LogP contribution in [0, 0.1) is 0 Å². The van der Waals surface area contributed by atoms with E-state index in [4.69, 9.17) is 0 Å². The lowest BCUT2D eigenvalue weighted by molar-refractivity contribution is -0.142. The SMILES string of the molecule is COC(=O)CN1C(=O)C(c2ccccc2)=C(c2ccccc2)S1(=O)=O. The van der Waals surface area contributed by atoms with Crippen molar-refractivity contribution in [1.29, 1.82) is 0 Å². The van der Waals surface area contributed by atoms with Crippen LogP contribution in [0.2, 0.25) is 0 Å². The second-order valence-corrected chi connectivity index (χ2v) is 7.13. The summed E-state index contributed by atoms with van der Waals surface area (Å²) < 4.78 is 31.0. The number of hydrogen-bond donors (Lipinski definition) is 0. The summed E-state index contributed by atoms with van der Waals surface area (Å²) in [6, 6.07) is 16.9. The maximum Gasteiger partial charge on any atom is 0.326 e. The number of sulfonamides is 1. The average molecular weight is 357 g/mol. The van der Waals surface area contributed by atoms with Gasteiger partial charge in [-0.2, -0.15) is 0 Å². The van der Waals surface area contributed by atoms with E-state index in [1.807, 2.05) is 0 Å². The van der Waals surface area contributed by atoms with Crippen molar-refractivity contribution in [3.8, 4) is 0 Å². The molecule has 2 aromatic carbocycles. The highest BCUT2D eigenvalue weighted by Crippen LogP contribution is 2.40. The molecule has 3 rings (SSSR count). The van der Waals surface area contributed by atoms with Crippen molar-refractivity contribution in [2.45, 2.75) is 0 Å². The van der Waals surface area contributed by atoms with Crippen molar-refractivity contribution in [3.63, 3.8) is 0 Å². The average Bonchev–Trinajstić information content (AvgIpc) is 2.83. The van der Waals surface area contributed by atoms with Gasteiger partial charge in [-0.05, 0) is 11.1 Å². The number of amides is 1. The lowest BCUT2D eigenvalue weighted by Gasteiger charge is -2.15. The van der Waals surface area contributed by atoms with Gasteiger partial charge in [0.05, 0.1) is 12.7 Å². The molecule has 1 amide bonds. The molecular weight excluding hydrogens is 342 g/mol. The first-order chi connectivity index (χ1) is 12.0. The van der Waals surface area contributed by atoms with Gasteiger partial charge >= 0.3 is 5.97 Å². The van der Waals surface area contributed by atoms with Crippen LogP contribution in [0.1, 0.15) is 11.1 Å². The molecule has 1 aliphatic heterocycles. The molecule has 7 heteroatoms. The first-order valence-corrected chi connectivity index (χ1v) is 8.90. The van der Waals surface area contributed by atoms with Crippen molar-refractivity contribution in [3.05, 3.63) is 71.8 Å². The third-order valence-electron chi connectivity index (χ3n) is 3.81. The van der Waals surface area contributed by atoms with Gasteiger partial charge in [0.15, 0.2) is 0 Å². The smallest absolute Gasteiger partial charge is 0.326 e. The molecule has 0 saturated carbocycles. The standard InChI is InChI=1S/C18H15NO5S/c1-24-15(20)12-19-18(21)16(13-8-4-2-5-9-13)17(25(19,22)23)14-10-6-3-7-11-14/h2-11H,12H2,1H3. The summed E-state index contributed by atoms with van der Waals surface area (Å²) in [4.78, 5) is 24.3. The predicted octanol–water partition coefficient (Wildman–Crippen LogP) is 1.90. The Morgan fingerprint density at radius 2 is 1.48 bits per heavy atom. The first-order valence-electron chi connectivity index (χ1n) is 7.46. The number of methoxy groups -OCH3 is 1. The molecule has 0 N–H and O–H groups in total. The fourth-order valence-corrected chi connectivity index (χ4v) is 4.35. The molecule has 0 aliphatic carbocycles. The van der Waals surface area contributed by atoms with E-state index in [9.17, 15) is 18.0 Å². The van der Waals surface area contributed by atoms with Crippen LogP contribution in [0.3, 0.4) is 0 Å². The Labute approximate surface area is 145 Å². The highest BCUT2D eigenvalue weighted by Gasteiger charge is 2.45. The van der Waals surface area contributed by atoms with Crippen LogP contribution in [0.4, 0.5) is 0 Å². The van der Waals surface area contributed by atoms with Gasteiger partial charge in [-0.15, -0.1) is 0 Å². The zero-order chi connectivity index (χ0) is 18.0. The second-order valence-electron chi connectivity index (χ2n) is 5.33. The van der Waals surface area contributed by atoms with Crippen molar-refractivity contribution in [1.82, 2.24) is 4.31 Å². The second kappa shape index (κ2) is 6.52. The molecule has 2 aromatic rings. The monoisotopic (exact) mass is 357 g/mol. The molecule has 0 saturated heterocycles. The van der Waals surface area contributed by atoms with Gasteiger partial charge in [-0.25, -0.2) is 12.7 Å². The van der Waals surface area contributed by atoms with E-state index in [1.54, 1.807) is 60.7 Å². The zero-order valence-corrected chi connectivity index (χ0v) is 14.2. The van der Waals surface area contributed by atoms with Crippen LogP contribution in [0.15, 0.2) is 60.7 Å². The molecule has 6 nitrogen and oxygen atoms in total. The van der Waals surface area contributed by atoms with Gasteiger partial charge in [0, 0.05) is 0 Å². The Hall–Kier alpha value is -2.93. The third-order valence-corrected chi connectivity index (χ3v) is 5.65. The summed E-state index contributed by atoms with van der Waals surface area (Å²) in [5, 5.41) is 0. The molecule has 0 spiro atoms. The molecule has 1 heterocycles. The third kappa shape index (κ3) is 2.94. The highest BCUT2D eigenvalue weighted by molar-refractivity contribution is 8.00. The quantitative estimate of drug-likeness (QED) is 0.781. The van der Waals surface area contributed by atoms with E-state index >= 15 is 0 Å². The zero-order valence-electron chi connectivity index (χ0n) is 13.4. The molecule has 128 valence electrons. The van der Waals surface area contributed by atoms with E-state index in [1.165, 1.54) is 0 Å². The predicted molar refractivity (Wildman–Crippen MR) is 92.3 cm³/mol. The van der Waals surface area contributed by atoms with Gasteiger partial charge in [0.2, 0.25) is 0 Å². The van der Waals surface area contributed by atoms with Crippen LogP contribution < -0.4 is 0 Å². The van der Waals surface area contributed by atoms with E-state index in [-0.39, 0.29) is 10.5 Å². The van der Waals surface area contributed by atoms with Crippen LogP contribution in [0.25, 0.3) is 10.5 Å². The Balaban J connectivity index is 2.24. The van der Waals surface area contributed by atoms with Crippen molar-refractivity contribution >= 4 is 32.4 Å². The van der Waals surface area contributed by atoms with Crippen LogP contribution in [-0.4, -0.2) is 38.3 Å². The van der Waals surface area contributed by atoms with Crippen LogP contribution in [0.5, 0.6) is 0 Å². The Morgan fingerprint density at radius 1 is 0.960 bits per heavy atom. The minimum absolute atomic E-state index is 0.0516. The van der Waals surface area contributed by atoms with Gasteiger partial charge in [-0.3, -0.25) is 9.59 Å². The fourth-order valence-electron chi connectivity index (χ4n) is 2.65.